The van der Waals surface area contributed by atoms with Crippen molar-refractivity contribution >= 4 is 89.3 Å². The third kappa shape index (κ3) is 3.88. The summed E-state index contributed by atoms with van der Waals surface area (Å²) in [4.78, 5) is 0. The molecule has 0 radical (unpaired) electrons. The van der Waals surface area contributed by atoms with Crippen LogP contribution in [0.15, 0.2) is 127 Å². The third-order valence-electron chi connectivity index (χ3n) is 9.99. The van der Waals surface area contributed by atoms with Gasteiger partial charge in [-0.2, -0.15) is 0 Å². The van der Waals surface area contributed by atoms with Crippen molar-refractivity contribution in [2.75, 3.05) is 0 Å². The third-order valence-corrected chi connectivity index (χ3v) is 12.4. The number of para-hydroxylation sites is 3. The first-order chi connectivity index (χ1) is 22.7. The van der Waals surface area contributed by atoms with Crippen LogP contribution in [-0.4, -0.2) is 13.7 Å². The predicted octanol–water partition coefficient (Wildman–Crippen LogP) is 9.83. The number of aryl methyl sites for hydroxylation is 3. The highest BCUT2D eigenvalue weighted by atomic mass is 31.1. The van der Waals surface area contributed by atoms with Gasteiger partial charge < -0.3 is 13.7 Å². The number of benzene rings is 6. The maximum absolute atomic E-state index is 2.49. The van der Waals surface area contributed by atoms with Crippen LogP contribution in [0.1, 0.15) is 20.8 Å². The normalized spacial score (nSPS) is 12.3. The fraction of sp³-hybridized carbons (Fsp3) is 0.143. The van der Waals surface area contributed by atoms with Gasteiger partial charge in [0.25, 0.3) is 0 Å². The summed E-state index contributed by atoms with van der Waals surface area (Å²) >= 11 is 0. The Kier molecular flexibility index (Phi) is 6.33. The summed E-state index contributed by atoms with van der Waals surface area (Å²) in [6, 6.07) is 48.4. The van der Waals surface area contributed by atoms with E-state index in [0.717, 1.165) is 19.6 Å². The molecule has 0 amide bonds. The SMILES string of the molecule is CCn1c2ccccc2c2cc(P(c3ccc4c(c3)c3ccccc3n4CC)c3ccc4c(c3)c3ccccc3n4CC)ccc21. The largest absolute Gasteiger partial charge is 0.341 e. The first kappa shape index (κ1) is 27.5. The van der Waals surface area contributed by atoms with Crippen LogP contribution >= 0.6 is 7.92 Å². The minimum atomic E-state index is -0.845. The molecule has 0 N–H and O–H groups in total. The van der Waals surface area contributed by atoms with Crippen LogP contribution in [0.25, 0.3) is 65.4 Å². The molecule has 0 bridgehead atoms. The smallest absolute Gasteiger partial charge is 0.0491 e. The van der Waals surface area contributed by atoms with E-state index in [-0.39, 0.29) is 0 Å². The van der Waals surface area contributed by atoms with Crippen LogP contribution in [0.5, 0.6) is 0 Å². The first-order valence-electron chi connectivity index (χ1n) is 16.5. The monoisotopic (exact) mass is 613 g/mol. The molecule has 0 spiro atoms. The number of rotatable bonds is 6. The predicted molar refractivity (Wildman–Crippen MR) is 201 cm³/mol. The van der Waals surface area contributed by atoms with Crippen LogP contribution in [0.4, 0.5) is 0 Å². The van der Waals surface area contributed by atoms with Crippen molar-refractivity contribution in [1.29, 1.82) is 0 Å². The van der Waals surface area contributed by atoms with Gasteiger partial charge in [0.2, 0.25) is 0 Å². The average Bonchev–Trinajstić information content (AvgIpc) is 3.73. The van der Waals surface area contributed by atoms with Gasteiger partial charge in [-0.3, -0.25) is 0 Å². The molecule has 0 fully saturated rings. The van der Waals surface area contributed by atoms with Gasteiger partial charge >= 0.3 is 0 Å². The summed E-state index contributed by atoms with van der Waals surface area (Å²) in [7, 11) is -0.845. The van der Waals surface area contributed by atoms with Crippen molar-refractivity contribution < 1.29 is 0 Å². The Balaban J connectivity index is 1.34. The number of hydrogen-bond donors (Lipinski definition) is 0. The van der Waals surface area contributed by atoms with Crippen LogP contribution in [-0.2, 0) is 19.6 Å². The molecule has 0 atom stereocenters. The van der Waals surface area contributed by atoms with Crippen LogP contribution in [0, 0.1) is 0 Å². The molecule has 46 heavy (non-hydrogen) atoms. The number of aromatic nitrogens is 3. The summed E-state index contributed by atoms with van der Waals surface area (Å²) in [5, 5.41) is 12.2. The van der Waals surface area contributed by atoms with Gasteiger partial charge in [0, 0.05) is 85.1 Å². The van der Waals surface area contributed by atoms with Gasteiger partial charge in [-0.25, -0.2) is 0 Å². The summed E-state index contributed by atoms with van der Waals surface area (Å²) < 4.78 is 7.36. The van der Waals surface area contributed by atoms with E-state index in [4.69, 9.17) is 0 Å². The lowest BCUT2D eigenvalue weighted by Gasteiger charge is -2.21. The van der Waals surface area contributed by atoms with Crippen molar-refractivity contribution in [1.82, 2.24) is 13.7 Å². The Bertz CT molecular complexity index is 2320. The first-order valence-corrected chi connectivity index (χ1v) is 17.9. The van der Waals surface area contributed by atoms with Crippen molar-refractivity contribution in [3.05, 3.63) is 127 Å². The van der Waals surface area contributed by atoms with Gasteiger partial charge in [-0.05, 0) is 99.2 Å². The van der Waals surface area contributed by atoms with E-state index in [1.165, 1.54) is 81.3 Å². The van der Waals surface area contributed by atoms with Gasteiger partial charge in [-0.15, -0.1) is 0 Å². The molecular formula is C42H36N3P. The van der Waals surface area contributed by atoms with Crippen molar-refractivity contribution in [2.24, 2.45) is 0 Å². The van der Waals surface area contributed by atoms with Gasteiger partial charge in [0.05, 0.1) is 0 Å². The quantitative estimate of drug-likeness (QED) is 0.166. The van der Waals surface area contributed by atoms with Gasteiger partial charge in [0.1, 0.15) is 0 Å². The zero-order chi connectivity index (χ0) is 30.9. The number of fused-ring (bicyclic) bond motifs is 9. The fourth-order valence-electron chi connectivity index (χ4n) is 8.01. The number of hydrogen-bond acceptors (Lipinski definition) is 0. The topological polar surface area (TPSA) is 14.8 Å². The molecule has 0 aliphatic carbocycles. The van der Waals surface area contributed by atoms with Crippen molar-refractivity contribution in [2.45, 2.75) is 40.4 Å². The Morgan fingerprint density at radius 1 is 0.348 bits per heavy atom. The van der Waals surface area contributed by atoms with Crippen molar-refractivity contribution in [3.8, 4) is 0 Å². The van der Waals surface area contributed by atoms with E-state index < -0.39 is 7.92 Å². The fourth-order valence-corrected chi connectivity index (χ4v) is 10.4. The van der Waals surface area contributed by atoms with Crippen LogP contribution < -0.4 is 15.9 Å². The molecule has 0 unspecified atom stereocenters. The molecule has 9 rings (SSSR count). The van der Waals surface area contributed by atoms with Crippen molar-refractivity contribution in [3.63, 3.8) is 0 Å². The average molecular weight is 614 g/mol. The Labute approximate surface area is 270 Å². The molecule has 3 nitrogen and oxygen atoms in total. The van der Waals surface area contributed by atoms with E-state index in [0.29, 0.717) is 0 Å². The Morgan fingerprint density at radius 2 is 0.630 bits per heavy atom. The zero-order valence-electron chi connectivity index (χ0n) is 26.5. The van der Waals surface area contributed by atoms with Crippen LogP contribution in [0.2, 0.25) is 0 Å². The summed E-state index contributed by atoms with van der Waals surface area (Å²) in [5.41, 5.74) is 7.86. The van der Waals surface area contributed by atoms with Crippen LogP contribution in [0.3, 0.4) is 0 Å². The molecule has 9 aromatic rings. The second-order valence-electron chi connectivity index (χ2n) is 12.2. The van der Waals surface area contributed by atoms with Gasteiger partial charge in [0.15, 0.2) is 0 Å². The standard InChI is InChI=1S/C42H36N3P/c1-4-43-37-16-10-7-13-31(37)34-25-28(19-22-40(34)43)46(29-20-23-41-35(26-29)32-14-8-11-17-38(32)44(41)5-2)30-21-24-42-36(27-30)33-15-9-12-18-39(33)45(42)6-3/h7-27H,4-6H2,1-3H3. The maximum atomic E-state index is 2.49. The molecule has 224 valence electrons. The maximum Gasteiger partial charge on any atom is 0.0491 e. The highest BCUT2D eigenvalue weighted by Crippen LogP contribution is 2.40. The second kappa shape index (κ2) is 10.6. The highest BCUT2D eigenvalue weighted by Gasteiger charge is 2.22. The molecule has 0 aliphatic heterocycles. The van der Waals surface area contributed by atoms with E-state index in [2.05, 4.69) is 162 Å². The minimum absolute atomic E-state index is 0.845. The van der Waals surface area contributed by atoms with E-state index in [9.17, 15) is 0 Å². The Morgan fingerprint density at radius 3 is 0.935 bits per heavy atom. The van der Waals surface area contributed by atoms with E-state index >= 15 is 0 Å². The minimum Gasteiger partial charge on any atom is -0.341 e. The lowest BCUT2D eigenvalue weighted by atomic mass is 10.1. The summed E-state index contributed by atoms with van der Waals surface area (Å²) in [6.07, 6.45) is 0. The zero-order valence-corrected chi connectivity index (χ0v) is 27.4. The summed E-state index contributed by atoms with van der Waals surface area (Å²) in [5.74, 6) is 0. The van der Waals surface area contributed by atoms with E-state index in [1.54, 1.807) is 0 Å². The molecular weight excluding hydrogens is 577 g/mol. The second-order valence-corrected chi connectivity index (χ2v) is 14.4. The molecule has 0 saturated carbocycles. The molecule has 6 aromatic carbocycles. The Hall–Kier alpha value is -4.85. The lowest BCUT2D eigenvalue weighted by Crippen LogP contribution is -2.21. The van der Waals surface area contributed by atoms with E-state index in [1.807, 2.05) is 0 Å². The molecule has 3 heterocycles. The number of nitrogens with zero attached hydrogens (tertiary/aromatic N) is 3. The summed E-state index contributed by atoms with van der Waals surface area (Å²) in [6.45, 7) is 9.60. The molecule has 0 aliphatic rings. The highest BCUT2D eigenvalue weighted by molar-refractivity contribution is 7.79. The lowest BCUT2D eigenvalue weighted by molar-refractivity contribution is 0.827. The molecule has 0 saturated heterocycles. The van der Waals surface area contributed by atoms with Gasteiger partial charge in [-0.1, -0.05) is 72.8 Å². The molecule has 4 heteroatoms. The molecule has 3 aromatic heterocycles.